The predicted molar refractivity (Wildman–Crippen MR) is 280 cm³/mol. The molecule has 2 aromatic heterocycles. The summed E-state index contributed by atoms with van der Waals surface area (Å²) in [4.78, 5) is 15.1. The van der Waals surface area contributed by atoms with Crippen molar-refractivity contribution in [2.75, 3.05) is 0 Å². The molecule has 1 unspecified atom stereocenters. The molecule has 10 aromatic carbocycles. The topological polar surface area (TPSA) is 43.6 Å². The molecule has 0 bridgehead atoms. The Morgan fingerprint density at radius 3 is 1.63 bits per heavy atom. The van der Waals surface area contributed by atoms with Gasteiger partial charge in [-0.05, 0) is 103 Å². The molecule has 0 spiro atoms. The molecule has 0 radical (unpaired) electrons. The van der Waals surface area contributed by atoms with E-state index in [9.17, 15) is 0 Å². The van der Waals surface area contributed by atoms with Gasteiger partial charge in [-0.1, -0.05) is 200 Å². The second kappa shape index (κ2) is 16.1. The maximum absolute atomic E-state index is 5.07. The molecule has 13 rings (SSSR count). The van der Waals surface area contributed by atoms with E-state index in [2.05, 4.69) is 181 Å². The molecule has 4 heteroatoms. The van der Waals surface area contributed by atoms with E-state index in [1.54, 1.807) is 0 Å². The summed E-state index contributed by atoms with van der Waals surface area (Å²) in [5.41, 5.74) is 12.4. The van der Waals surface area contributed by atoms with Crippen molar-refractivity contribution in [3.63, 3.8) is 0 Å². The van der Waals surface area contributed by atoms with Gasteiger partial charge in [-0.15, -0.1) is 0 Å². The molecule has 0 saturated heterocycles. The van der Waals surface area contributed by atoms with Crippen molar-refractivity contribution in [2.45, 2.75) is 12.3 Å². The first kappa shape index (κ1) is 38.7. The lowest BCUT2D eigenvalue weighted by atomic mass is 9.88. The van der Waals surface area contributed by atoms with Gasteiger partial charge < -0.3 is 4.57 Å². The van der Waals surface area contributed by atoms with E-state index in [1.165, 1.54) is 76.5 Å². The van der Waals surface area contributed by atoms with E-state index in [0.717, 1.165) is 34.2 Å². The molecule has 12 aromatic rings. The molecule has 1 aliphatic rings. The molecule has 0 saturated carbocycles. The van der Waals surface area contributed by atoms with Crippen LogP contribution in [0, 0.1) is 0 Å². The van der Waals surface area contributed by atoms with Gasteiger partial charge >= 0.3 is 0 Å². The van der Waals surface area contributed by atoms with Crippen LogP contribution >= 0.6 is 0 Å². The summed E-state index contributed by atoms with van der Waals surface area (Å²) in [5.74, 6) is 2.34. The largest absolute Gasteiger partial charge is 0.309 e. The molecule has 0 fully saturated rings. The highest BCUT2D eigenvalue weighted by molar-refractivity contribution is 6.29. The van der Waals surface area contributed by atoms with E-state index in [1.807, 2.05) is 60.7 Å². The van der Waals surface area contributed by atoms with Crippen molar-refractivity contribution in [3.05, 3.63) is 242 Å². The first-order valence-electron chi connectivity index (χ1n) is 23.0. The number of hydrogen-bond donors (Lipinski definition) is 0. The zero-order chi connectivity index (χ0) is 44.3. The van der Waals surface area contributed by atoms with Crippen LogP contribution in [0.25, 0.3) is 116 Å². The van der Waals surface area contributed by atoms with Crippen LogP contribution < -0.4 is 0 Å². The minimum absolute atomic E-state index is 0.412. The normalized spacial score (nSPS) is 13.6. The Morgan fingerprint density at radius 2 is 0.910 bits per heavy atom. The smallest absolute Gasteiger partial charge is 0.164 e. The van der Waals surface area contributed by atoms with Crippen LogP contribution in [-0.4, -0.2) is 19.5 Å². The quantitative estimate of drug-likeness (QED) is 0.150. The molecule has 314 valence electrons. The van der Waals surface area contributed by atoms with E-state index < -0.39 is 0 Å². The fraction of sp³-hybridized carbons (Fsp3) is 0.0317. The van der Waals surface area contributed by atoms with Crippen molar-refractivity contribution in [1.29, 1.82) is 0 Å². The van der Waals surface area contributed by atoms with Crippen LogP contribution in [-0.2, 0) is 0 Å². The van der Waals surface area contributed by atoms with Gasteiger partial charge in [-0.3, -0.25) is 0 Å². The highest BCUT2D eigenvalue weighted by Crippen LogP contribution is 2.43. The average molecular weight is 855 g/mol. The highest BCUT2D eigenvalue weighted by Gasteiger charge is 2.19. The molecule has 1 atom stereocenters. The summed E-state index contributed by atoms with van der Waals surface area (Å²) in [5, 5.41) is 9.87. The van der Waals surface area contributed by atoms with Crippen LogP contribution in [0.3, 0.4) is 0 Å². The standard InChI is InChI=1S/C63H42N4/c1-4-16-41(17-5-1)42-30-34-49(35-31-42)67-58-29-13-12-26-53(58)54-36-32-46(40-59(54)67)45-33-37-56-57(39-45)52-25-11-10-24-51(52)55-28-15-27-50(60(55)56)47-22-14-23-48(38-47)63-65-61(43-18-6-2-7-19-43)64-62(66-63)44-20-8-3-9-21-44/h1-16,18-41H,17H2. The van der Waals surface area contributed by atoms with Crippen molar-refractivity contribution in [1.82, 2.24) is 19.5 Å². The molecule has 1 aliphatic carbocycles. The zero-order valence-corrected chi connectivity index (χ0v) is 36.6. The highest BCUT2D eigenvalue weighted by atomic mass is 15.0. The number of allylic oxidation sites excluding steroid dienone is 4. The predicted octanol–water partition coefficient (Wildman–Crippen LogP) is 16.4. The minimum Gasteiger partial charge on any atom is -0.309 e. The molecule has 4 nitrogen and oxygen atoms in total. The lowest BCUT2D eigenvalue weighted by Gasteiger charge is -2.16. The van der Waals surface area contributed by atoms with Crippen LogP contribution in [0.2, 0.25) is 0 Å². The molecule has 0 N–H and O–H groups in total. The molecule has 2 heterocycles. The third-order valence-corrected chi connectivity index (χ3v) is 13.6. The van der Waals surface area contributed by atoms with Gasteiger partial charge in [0.05, 0.1) is 11.0 Å². The third-order valence-electron chi connectivity index (χ3n) is 13.6. The third kappa shape index (κ3) is 6.73. The Morgan fingerprint density at radius 1 is 0.358 bits per heavy atom. The van der Waals surface area contributed by atoms with Crippen LogP contribution in [0.15, 0.2) is 237 Å². The second-order valence-electron chi connectivity index (χ2n) is 17.5. The number of aromatic nitrogens is 4. The van der Waals surface area contributed by atoms with Crippen molar-refractivity contribution in [2.24, 2.45) is 0 Å². The number of rotatable bonds is 7. The van der Waals surface area contributed by atoms with Gasteiger partial charge in [0, 0.05) is 39.1 Å². The first-order chi connectivity index (χ1) is 33.2. The van der Waals surface area contributed by atoms with E-state index in [0.29, 0.717) is 23.4 Å². The Bertz CT molecular complexity index is 3880. The van der Waals surface area contributed by atoms with Gasteiger partial charge in [-0.25, -0.2) is 15.0 Å². The maximum atomic E-state index is 5.07. The SMILES string of the molecule is C1=CCC(c2ccc(-n3c4ccccc4c4ccc(-c5ccc6c(c5)c5ccccc5c5cccc(-c7cccc(-c8nc(-c9ccccc9)nc(-c9ccccc9)n8)c7)c56)cc43)cc2)C=C1. The van der Waals surface area contributed by atoms with Crippen LogP contribution in [0.1, 0.15) is 17.9 Å². The molecule has 0 amide bonds. The summed E-state index contributed by atoms with van der Waals surface area (Å²) in [6.07, 6.45) is 9.90. The van der Waals surface area contributed by atoms with Gasteiger partial charge in [0.1, 0.15) is 0 Å². The number of para-hydroxylation sites is 1. The zero-order valence-electron chi connectivity index (χ0n) is 36.6. The number of fused-ring (bicyclic) bond motifs is 9. The van der Waals surface area contributed by atoms with E-state index in [4.69, 9.17) is 15.0 Å². The molecular weight excluding hydrogens is 813 g/mol. The lowest BCUT2D eigenvalue weighted by Crippen LogP contribution is -2.00. The summed E-state index contributed by atoms with van der Waals surface area (Å²) in [7, 11) is 0. The van der Waals surface area contributed by atoms with E-state index in [-0.39, 0.29) is 0 Å². The van der Waals surface area contributed by atoms with Gasteiger partial charge in [0.25, 0.3) is 0 Å². The summed E-state index contributed by atoms with van der Waals surface area (Å²) in [6.45, 7) is 0. The minimum atomic E-state index is 0.412. The van der Waals surface area contributed by atoms with Crippen molar-refractivity contribution in [3.8, 4) is 62.1 Å². The monoisotopic (exact) mass is 854 g/mol. The Labute approximate surface area is 388 Å². The maximum Gasteiger partial charge on any atom is 0.164 e. The molecule has 67 heavy (non-hydrogen) atoms. The summed E-state index contributed by atoms with van der Waals surface area (Å²) < 4.78 is 2.43. The van der Waals surface area contributed by atoms with Gasteiger partial charge in [0.2, 0.25) is 0 Å². The average Bonchev–Trinajstić information content (AvgIpc) is 3.75. The molecule has 0 aliphatic heterocycles. The Kier molecular flexibility index (Phi) is 9.28. The number of hydrogen-bond acceptors (Lipinski definition) is 3. The van der Waals surface area contributed by atoms with Gasteiger partial charge in [0.15, 0.2) is 17.5 Å². The fourth-order valence-electron chi connectivity index (χ4n) is 10.3. The van der Waals surface area contributed by atoms with Gasteiger partial charge in [-0.2, -0.15) is 0 Å². The summed E-state index contributed by atoms with van der Waals surface area (Å²) >= 11 is 0. The Balaban J connectivity index is 0.954. The molecular formula is C63H42N4. The van der Waals surface area contributed by atoms with E-state index >= 15 is 0 Å². The van der Waals surface area contributed by atoms with Crippen molar-refractivity contribution >= 4 is 54.1 Å². The van der Waals surface area contributed by atoms with Crippen molar-refractivity contribution < 1.29 is 0 Å². The second-order valence-corrected chi connectivity index (χ2v) is 17.5. The fourth-order valence-corrected chi connectivity index (χ4v) is 10.3. The lowest BCUT2D eigenvalue weighted by molar-refractivity contribution is 0.853. The van der Waals surface area contributed by atoms with Crippen LogP contribution in [0.5, 0.6) is 0 Å². The van der Waals surface area contributed by atoms with Crippen LogP contribution in [0.4, 0.5) is 0 Å². The number of benzene rings is 10. The first-order valence-corrected chi connectivity index (χ1v) is 23.0. The Hall–Kier alpha value is -8.73. The summed E-state index contributed by atoms with van der Waals surface area (Å²) in [6, 6.07) is 76.5. The number of nitrogens with zero attached hydrogens (tertiary/aromatic N) is 4.